The summed E-state index contributed by atoms with van der Waals surface area (Å²) >= 11 is 5.79. The molecule has 1 unspecified atom stereocenters. The second-order valence-electron chi connectivity index (χ2n) is 5.67. The molecular formula is C13H17ClN2O2. The first-order valence-electron chi connectivity index (χ1n) is 6.08. The Hall–Kier alpha value is -1.29. The van der Waals surface area contributed by atoms with Crippen LogP contribution in [0, 0.1) is 15.5 Å². The van der Waals surface area contributed by atoms with Gasteiger partial charge in [0.15, 0.2) is 0 Å². The molecule has 1 saturated carbocycles. The van der Waals surface area contributed by atoms with Gasteiger partial charge in [-0.25, -0.2) is 0 Å². The van der Waals surface area contributed by atoms with E-state index in [2.05, 4.69) is 19.2 Å². The molecule has 0 heterocycles. The number of nitro groups is 1. The largest absolute Gasteiger partial charge is 0.377 e. The fraction of sp³-hybridized carbons (Fsp3) is 0.538. The molecular weight excluding hydrogens is 252 g/mol. The van der Waals surface area contributed by atoms with Gasteiger partial charge in [-0.05, 0) is 36.8 Å². The van der Waals surface area contributed by atoms with Crippen molar-refractivity contribution in [2.24, 2.45) is 5.41 Å². The number of rotatable bonds is 3. The van der Waals surface area contributed by atoms with Crippen molar-refractivity contribution in [2.75, 3.05) is 5.32 Å². The molecule has 0 aromatic heterocycles. The molecule has 0 amide bonds. The van der Waals surface area contributed by atoms with Crippen LogP contribution in [0.1, 0.15) is 33.1 Å². The predicted molar refractivity (Wildman–Crippen MR) is 73.1 cm³/mol. The summed E-state index contributed by atoms with van der Waals surface area (Å²) in [5.74, 6) is 0. The Kier molecular flexibility index (Phi) is 3.48. The van der Waals surface area contributed by atoms with Gasteiger partial charge in [0, 0.05) is 17.1 Å². The first-order chi connectivity index (χ1) is 8.37. The maximum atomic E-state index is 11.0. The number of hydrogen-bond acceptors (Lipinski definition) is 3. The highest BCUT2D eigenvalue weighted by molar-refractivity contribution is 6.30. The van der Waals surface area contributed by atoms with Gasteiger partial charge in [0.05, 0.1) is 4.92 Å². The molecule has 5 heteroatoms. The topological polar surface area (TPSA) is 55.2 Å². The summed E-state index contributed by atoms with van der Waals surface area (Å²) in [4.78, 5) is 10.6. The van der Waals surface area contributed by atoms with Gasteiger partial charge in [-0.1, -0.05) is 25.4 Å². The summed E-state index contributed by atoms with van der Waals surface area (Å²) in [7, 11) is 0. The molecule has 4 nitrogen and oxygen atoms in total. The molecule has 1 aromatic carbocycles. The van der Waals surface area contributed by atoms with Crippen LogP contribution in [0.3, 0.4) is 0 Å². The van der Waals surface area contributed by atoms with E-state index in [-0.39, 0.29) is 5.69 Å². The van der Waals surface area contributed by atoms with Gasteiger partial charge in [-0.15, -0.1) is 0 Å². The van der Waals surface area contributed by atoms with Crippen LogP contribution in [-0.4, -0.2) is 11.0 Å². The fourth-order valence-corrected chi connectivity index (χ4v) is 2.72. The Labute approximate surface area is 111 Å². The van der Waals surface area contributed by atoms with Gasteiger partial charge in [0.25, 0.3) is 5.69 Å². The van der Waals surface area contributed by atoms with Gasteiger partial charge in [-0.2, -0.15) is 0 Å². The minimum absolute atomic E-state index is 0.0483. The van der Waals surface area contributed by atoms with E-state index in [0.717, 1.165) is 19.3 Å². The standard InChI is InChI=1S/C13H17ClN2O2/c1-13(2)6-5-10(8-13)15-11-4-3-9(14)7-12(11)16(17)18/h3-4,7,10,15H,5-6,8H2,1-2H3. The van der Waals surface area contributed by atoms with E-state index in [9.17, 15) is 10.1 Å². The highest BCUT2D eigenvalue weighted by Gasteiger charge is 2.31. The Morgan fingerprint density at radius 2 is 2.22 bits per heavy atom. The highest BCUT2D eigenvalue weighted by atomic mass is 35.5. The maximum Gasteiger partial charge on any atom is 0.293 e. The summed E-state index contributed by atoms with van der Waals surface area (Å²) in [6.07, 6.45) is 3.23. The fourth-order valence-electron chi connectivity index (χ4n) is 2.56. The van der Waals surface area contributed by atoms with E-state index in [1.165, 1.54) is 6.07 Å². The summed E-state index contributed by atoms with van der Waals surface area (Å²) in [6.45, 7) is 4.45. The smallest absolute Gasteiger partial charge is 0.293 e. The molecule has 1 aliphatic rings. The minimum Gasteiger partial charge on any atom is -0.377 e. The first-order valence-corrected chi connectivity index (χ1v) is 6.46. The highest BCUT2D eigenvalue weighted by Crippen LogP contribution is 2.39. The molecule has 98 valence electrons. The van der Waals surface area contributed by atoms with Crippen molar-refractivity contribution in [2.45, 2.75) is 39.2 Å². The average molecular weight is 269 g/mol. The van der Waals surface area contributed by atoms with Crippen molar-refractivity contribution in [3.05, 3.63) is 33.3 Å². The Morgan fingerprint density at radius 3 is 2.78 bits per heavy atom. The van der Waals surface area contributed by atoms with Crippen molar-refractivity contribution < 1.29 is 4.92 Å². The summed E-state index contributed by atoms with van der Waals surface area (Å²) in [6, 6.07) is 5.06. The van der Waals surface area contributed by atoms with Crippen LogP contribution < -0.4 is 5.32 Å². The molecule has 1 aliphatic carbocycles. The lowest BCUT2D eigenvalue weighted by molar-refractivity contribution is -0.384. The Morgan fingerprint density at radius 1 is 1.50 bits per heavy atom. The molecule has 0 radical (unpaired) electrons. The number of anilines is 1. The molecule has 0 aliphatic heterocycles. The molecule has 1 fully saturated rings. The molecule has 0 spiro atoms. The Bertz CT molecular complexity index is 474. The lowest BCUT2D eigenvalue weighted by Gasteiger charge is -2.18. The van der Waals surface area contributed by atoms with Crippen LogP contribution in [0.15, 0.2) is 18.2 Å². The van der Waals surface area contributed by atoms with Crippen molar-refractivity contribution in [3.8, 4) is 0 Å². The second kappa shape index (κ2) is 4.76. The monoisotopic (exact) mass is 268 g/mol. The van der Waals surface area contributed by atoms with E-state index < -0.39 is 4.92 Å². The normalized spacial score (nSPS) is 21.8. The van der Waals surface area contributed by atoms with Crippen LogP contribution >= 0.6 is 11.6 Å². The quantitative estimate of drug-likeness (QED) is 0.659. The molecule has 0 saturated heterocycles. The SMILES string of the molecule is CC1(C)CCC(Nc2ccc(Cl)cc2[N+](=O)[O-])C1. The van der Waals surface area contributed by atoms with Gasteiger partial charge >= 0.3 is 0 Å². The third-order valence-corrected chi connectivity index (χ3v) is 3.72. The zero-order valence-corrected chi connectivity index (χ0v) is 11.3. The number of benzene rings is 1. The van der Waals surface area contributed by atoms with Gasteiger partial charge in [0.2, 0.25) is 0 Å². The van der Waals surface area contributed by atoms with Gasteiger partial charge in [-0.3, -0.25) is 10.1 Å². The second-order valence-corrected chi connectivity index (χ2v) is 6.10. The zero-order valence-electron chi connectivity index (χ0n) is 10.6. The van der Waals surface area contributed by atoms with Crippen LogP contribution in [0.4, 0.5) is 11.4 Å². The van der Waals surface area contributed by atoms with Crippen LogP contribution in [0.5, 0.6) is 0 Å². The number of halogens is 1. The number of nitrogens with one attached hydrogen (secondary N) is 1. The van der Waals surface area contributed by atoms with Crippen LogP contribution in [0.25, 0.3) is 0 Å². The van der Waals surface area contributed by atoms with Crippen molar-refractivity contribution in [3.63, 3.8) is 0 Å². The van der Waals surface area contributed by atoms with E-state index in [1.54, 1.807) is 12.1 Å². The lowest BCUT2D eigenvalue weighted by Crippen LogP contribution is -2.18. The predicted octanol–water partition coefficient (Wildman–Crippen LogP) is 4.24. The average Bonchev–Trinajstić information content (AvgIpc) is 2.60. The van der Waals surface area contributed by atoms with Crippen molar-refractivity contribution in [1.82, 2.24) is 0 Å². The van der Waals surface area contributed by atoms with E-state index in [0.29, 0.717) is 22.2 Å². The lowest BCUT2D eigenvalue weighted by atomic mass is 9.92. The summed E-state index contributed by atoms with van der Waals surface area (Å²) in [5, 5.41) is 14.6. The number of hydrogen-bond donors (Lipinski definition) is 1. The van der Waals surface area contributed by atoms with Crippen LogP contribution in [-0.2, 0) is 0 Å². The van der Waals surface area contributed by atoms with Crippen molar-refractivity contribution >= 4 is 23.0 Å². The molecule has 1 atom stereocenters. The minimum atomic E-state index is -0.395. The number of nitrogens with zero attached hydrogens (tertiary/aromatic N) is 1. The van der Waals surface area contributed by atoms with E-state index in [4.69, 9.17) is 11.6 Å². The zero-order chi connectivity index (χ0) is 13.3. The molecule has 18 heavy (non-hydrogen) atoms. The van der Waals surface area contributed by atoms with Gasteiger partial charge in [0.1, 0.15) is 5.69 Å². The third kappa shape index (κ3) is 2.93. The molecule has 2 rings (SSSR count). The van der Waals surface area contributed by atoms with Gasteiger partial charge < -0.3 is 5.32 Å². The third-order valence-electron chi connectivity index (χ3n) is 3.48. The molecule has 1 aromatic rings. The first kappa shape index (κ1) is 13.1. The molecule has 1 N–H and O–H groups in total. The Balaban J connectivity index is 2.17. The maximum absolute atomic E-state index is 11.0. The van der Waals surface area contributed by atoms with Crippen LogP contribution in [0.2, 0.25) is 5.02 Å². The molecule has 0 bridgehead atoms. The van der Waals surface area contributed by atoms with E-state index >= 15 is 0 Å². The van der Waals surface area contributed by atoms with E-state index in [1.807, 2.05) is 0 Å². The number of nitro benzene ring substituents is 1. The summed E-state index contributed by atoms with van der Waals surface area (Å²) < 4.78 is 0. The summed E-state index contributed by atoms with van der Waals surface area (Å²) in [5.41, 5.74) is 0.929. The van der Waals surface area contributed by atoms with Crippen molar-refractivity contribution in [1.29, 1.82) is 0 Å².